The van der Waals surface area contributed by atoms with Crippen LogP contribution in [0.2, 0.25) is 5.02 Å². The fourth-order valence-electron chi connectivity index (χ4n) is 2.70. The lowest BCUT2D eigenvalue weighted by molar-refractivity contribution is -0.118. The van der Waals surface area contributed by atoms with Crippen LogP contribution in [0.15, 0.2) is 36.4 Å². The fraction of sp³-hybridized carbons (Fsp3) is 0.0625. The van der Waals surface area contributed by atoms with Crippen molar-refractivity contribution in [2.24, 2.45) is 0 Å². The van der Waals surface area contributed by atoms with Gasteiger partial charge in [-0.15, -0.1) is 0 Å². The zero-order valence-electron chi connectivity index (χ0n) is 11.6. The molecular formula is C16H9ClN2O4. The number of halogens is 1. The molecule has 0 saturated carbocycles. The number of rotatable bonds is 1. The van der Waals surface area contributed by atoms with Gasteiger partial charge in [-0.2, -0.15) is 0 Å². The Morgan fingerprint density at radius 3 is 2.35 bits per heavy atom. The quantitative estimate of drug-likeness (QED) is 0.816. The molecule has 4 rings (SSSR count). The third-order valence-electron chi connectivity index (χ3n) is 3.70. The first-order valence-corrected chi connectivity index (χ1v) is 7.18. The smallest absolute Gasteiger partial charge is 0.266 e. The van der Waals surface area contributed by atoms with Gasteiger partial charge in [0.2, 0.25) is 0 Å². The number of carbonyl (C=O) groups excluding carboxylic acids is 3. The summed E-state index contributed by atoms with van der Waals surface area (Å²) in [5.41, 5.74) is 1.30. The molecular weight excluding hydrogens is 320 g/mol. The van der Waals surface area contributed by atoms with Gasteiger partial charge in [-0.1, -0.05) is 23.7 Å². The van der Waals surface area contributed by atoms with Crippen molar-refractivity contribution in [3.63, 3.8) is 0 Å². The molecule has 0 bridgehead atoms. The summed E-state index contributed by atoms with van der Waals surface area (Å²) >= 11 is 6.15. The van der Waals surface area contributed by atoms with Crippen molar-refractivity contribution in [3.8, 4) is 5.75 Å². The molecule has 2 heterocycles. The predicted octanol–water partition coefficient (Wildman–Crippen LogP) is 2.47. The van der Waals surface area contributed by atoms with E-state index in [9.17, 15) is 14.4 Å². The third-order valence-corrected chi connectivity index (χ3v) is 3.98. The molecule has 0 saturated heterocycles. The number of carbonyl (C=O) groups is 3. The Kier molecular flexibility index (Phi) is 2.89. The topological polar surface area (TPSA) is 75.7 Å². The molecule has 2 aromatic rings. The van der Waals surface area contributed by atoms with Crippen molar-refractivity contribution in [1.82, 2.24) is 0 Å². The van der Waals surface area contributed by atoms with Crippen molar-refractivity contribution in [2.75, 3.05) is 16.8 Å². The van der Waals surface area contributed by atoms with Crippen LogP contribution in [0.25, 0.3) is 0 Å². The summed E-state index contributed by atoms with van der Waals surface area (Å²) in [6.07, 6.45) is 0. The normalized spacial score (nSPS) is 15.9. The summed E-state index contributed by atoms with van der Waals surface area (Å²) in [4.78, 5) is 37.5. The SMILES string of the molecule is O=C1COc2c(Cl)cc(N3C(=O)c4ccccc4C3=O)cc2N1. The van der Waals surface area contributed by atoms with Crippen molar-refractivity contribution in [1.29, 1.82) is 0 Å². The maximum Gasteiger partial charge on any atom is 0.266 e. The lowest BCUT2D eigenvalue weighted by Gasteiger charge is -2.22. The van der Waals surface area contributed by atoms with E-state index >= 15 is 0 Å². The van der Waals surface area contributed by atoms with Gasteiger partial charge in [0, 0.05) is 0 Å². The van der Waals surface area contributed by atoms with Crippen LogP contribution in [-0.2, 0) is 4.79 Å². The van der Waals surface area contributed by atoms with Crippen LogP contribution >= 0.6 is 11.6 Å². The summed E-state index contributed by atoms with van der Waals surface area (Å²) in [5.74, 6) is -0.853. The molecule has 7 heteroatoms. The second kappa shape index (κ2) is 4.82. The number of benzene rings is 2. The molecule has 0 atom stereocenters. The number of fused-ring (bicyclic) bond motifs is 2. The van der Waals surface area contributed by atoms with E-state index in [0.29, 0.717) is 22.6 Å². The van der Waals surface area contributed by atoms with E-state index < -0.39 is 11.8 Å². The number of nitrogens with zero attached hydrogens (tertiary/aromatic N) is 1. The number of anilines is 2. The van der Waals surface area contributed by atoms with Crippen LogP contribution in [0, 0.1) is 0 Å². The standard InChI is InChI=1S/C16H9ClN2O4/c17-11-5-8(6-12-14(11)23-7-13(20)18-12)19-15(21)9-3-1-2-4-10(9)16(19)22/h1-6H,7H2,(H,18,20). The molecule has 3 amide bonds. The number of amides is 3. The van der Waals surface area contributed by atoms with Crippen LogP contribution < -0.4 is 15.0 Å². The largest absolute Gasteiger partial charge is 0.480 e. The molecule has 0 radical (unpaired) electrons. The van der Waals surface area contributed by atoms with Gasteiger partial charge in [-0.25, -0.2) is 4.90 Å². The highest BCUT2D eigenvalue weighted by molar-refractivity contribution is 6.36. The molecule has 0 aromatic heterocycles. The monoisotopic (exact) mass is 328 g/mol. The molecule has 0 spiro atoms. The van der Waals surface area contributed by atoms with Crippen LogP contribution in [0.4, 0.5) is 11.4 Å². The van der Waals surface area contributed by atoms with Gasteiger partial charge in [0.25, 0.3) is 17.7 Å². The average molecular weight is 329 g/mol. The highest BCUT2D eigenvalue weighted by atomic mass is 35.5. The van der Waals surface area contributed by atoms with Gasteiger partial charge in [-0.05, 0) is 24.3 Å². The first-order valence-electron chi connectivity index (χ1n) is 6.80. The Hall–Kier alpha value is -2.86. The van der Waals surface area contributed by atoms with Crippen molar-refractivity contribution in [2.45, 2.75) is 0 Å². The second-order valence-electron chi connectivity index (χ2n) is 5.13. The molecule has 23 heavy (non-hydrogen) atoms. The molecule has 2 aromatic carbocycles. The minimum atomic E-state index is -0.426. The average Bonchev–Trinajstić information content (AvgIpc) is 2.79. The number of imide groups is 1. The Morgan fingerprint density at radius 2 is 1.70 bits per heavy atom. The van der Waals surface area contributed by atoms with Crippen LogP contribution in [0.3, 0.4) is 0 Å². The maximum atomic E-state index is 12.5. The lowest BCUT2D eigenvalue weighted by atomic mass is 10.1. The van der Waals surface area contributed by atoms with E-state index in [0.717, 1.165) is 4.90 Å². The third kappa shape index (κ3) is 1.99. The molecule has 0 unspecified atom stereocenters. The van der Waals surface area contributed by atoms with E-state index in [-0.39, 0.29) is 23.2 Å². The number of hydrogen-bond donors (Lipinski definition) is 1. The Morgan fingerprint density at radius 1 is 1.04 bits per heavy atom. The maximum absolute atomic E-state index is 12.5. The van der Waals surface area contributed by atoms with E-state index in [4.69, 9.17) is 16.3 Å². The summed E-state index contributed by atoms with van der Waals surface area (Å²) in [7, 11) is 0. The zero-order chi connectivity index (χ0) is 16.1. The minimum Gasteiger partial charge on any atom is -0.480 e. The zero-order valence-corrected chi connectivity index (χ0v) is 12.4. The van der Waals surface area contributed by atoms with Crippen LogP contribution in [-0.4, -0.2) is 24.3 Å². The lowest BCUT2D eigenvalue weighted by Crippen LogP contribution is -2.30. The summed E-state index contributed by atoms with van der Waals surface area (Å²) in [6, 6.07) is 9.56. The van der Waals surface area contributed by atoms with Gasteiger partial charge in [0.05, 0.1) is 27.5 Å². The van der Waals surface area contributed by atoms with E-state index in [1.54, 1.807) is 24.3 Å². The van der Waals surface area contributed by atoms with Crippen molar-refractivity contribution >= 4 is 40.7 Å². The minimum absolute atomic E-state index is 0.126. The summed E-state index contributed by atoms with van der Waals surface area (Å²) in [5, 5.41) is 2.83. The van der Waals surface area contributed by atoms with Gasteiger partial charge in [0.1, 0.15) is 0 Å². The Bertz CT molecular complexity index is 859. The molecule has 2 aliphatic rings. The molecule has 114 valence electrons. The van der Waals surface area contributed by atoms with Gasteiger partial charge >= 0.3 is 0 Å². The van der Waals surface area contributed by atoms with E-state index in [1.807, 2.05) is 0 Å². The summed E-state index contributed by atoms with van der Waals surface area (Å²) in [6.45, 7) is -0.126. The first-order chi connectivity index (χ1) is 11.1. The van der Waals surface area contributed by atoms with Crippen LogP contribution in [0.5, 0.6) is 5.75 Å². The highest BCUT2D eigenvalue weighted by Crippen LogP contribution is 2.41. The van der Waals surface area contributed by atoms with Crippen molar-refractivity contribution in [3.05, 3.63) is 52.5 Å². The van der Waals surface area contributed by atoms with E-state index in [2.05, 4.69) is 5.32 Å². The molecule has 6 nitrogen and oxygen atoms in total. The van der Waals surface area contributed by atoms with Gasteiger partial charge in [-0.3, -0.25) is 14.4 Å². The number of hydrogen-bond acceptors (Lipinski definition) is 4. The summed E-state index contributed by atoms with van der Waals surface area (Å²) < 4.78 is 5.27. The Balaban J connectivity index is 1.82. The number of ether oxygens (including phenoxy) is 1. The molecule has 1 N–H and O–H groups in total. The fourth-order valence-corrected chi connectivity index (χ4v) is 2.96. The molecule has 2 aliphatic heterocycles. The number of nitrogens with one attached hydrogen (secondary N) is 1. The van der Waals surface area contributed by atoms with Gasteiger partial charge in [0.15, 0.2) is 12.4 Å². The first kappa shape index (κ1) is 13.8. The van der Waals surface area contributed by atoms with Crippen molar-refractivity contribution < 1.29 is 19.1 Å². The highest BCUT2D eigenvalue weighted by Gasteiger charge is 2.37. The van der Waals surface area contributed by atoms with E-state index in [1.165, 1.54) is 12.1 Å². The Labute approximate surface area is 135 Å². The molecule has 0 aliphatic carbocycles. The molecule has 0 fully saturated rings. The predicted molar refractivity (Wildman–Crippen MR) is 83.2 cm³/mol. The van der Waals surface area contributed by atoms with Crippen LogP contribution in [0.1, 0.15) is 20.7 Å². The second-order valence-corrected chi connectivity index (χ2v) is 5.54. The van der Waals surface area contributed by atoms with Gasteiger partial charge < -0.3 is 10.1 Å².